The summed E-state index contributed by atoms with van der Waals surface area (Å²) < 4.78 is 1.66. The lowest BCUT2D eigenvalue weighted by atomic mass is 10.0. The number of rotatable bonds is 6. The Morgan fingerprint density at radius 3 is 2.88 bits per heavy atom. The molecule has 90 valence electrons. The molecule has 0 aliphatic heterocycles. The second-order valence-electron chi connectivity index (χ2n) is 4.19. The van der Waals surface area contributed by atoms with E-state index in [0.29, 0.717) is 25.4 Å². The molecule has 0 aliphatic rings. The summed E-state index contributed by atoms with van der Waals surface area (Å²) in [6.07, 6.45) is 4.06. The molecule has 0 saturated carbocycles. The van der Waals surface area contributed by atoms with Crippen LogP contribution in [-0.4, -0.2) is 33.5 Å². The van der Waals surface area contributed by atoms with E-state index in [0.717, 1.165) is 0 Å². The minimum atomic E-state index is -0.421. The minimum Gasteiger partial charge on any atom is -0.353 e. The zero-order valence-electron chi connectivity index (χ0n) is 9.76. The van der Waals surface area contributed by atoms with Gasteiger partial charge < -0.3 is 11.1 Å². The Hall–Kier alpha value is -1.43. The van der Waals surface area contributed by atoms with Gasteiger partial charge >= 0.3 is 0 Å². The van der Waals surface area contributed by atoms with E-state index in [1.54, 1.807) is 17.1 Å². The highest BCUT2D eigenvalue weighted by atomic mass is 16.2. The molecule has 0 spiro atoms. The Bertz CT molecular complexity index is 309. The minimum absolute atomic E-state index is 0.103. The molecule has 0 fully saturated rings. The standard InChI is InChI=1S/C10H19N5O/c1-8(2)7-9(11)10(16)12-3-5-15-6-4-13-14-15/h4,6,8-9H,3,5,7,11H2,1-2H3,(H,12,16). The van der Waals surface area contributed by atoms with E-state index < -0.39 is 6.04 Å². The number of nitrogens with zero attached hydrogens (tertiary/aromatic N) is 3. The highest BCUT2D eigenvalue weighted by molar-refractivity contribution is 5.81. The second kappa shape index (κ2) is 6.22. The van der Waals surface area contributed by atoms with Crippen LogP contribution in [0.5, 0.6) is 0 Å². The van der Waals surface area contributed by atoms with Crippen LogP contribution in [0.3, 0.4) is 0 Å². The van der Waals surface area contributed by atoms with Gasteiger partial charge in [0.25, 0.3) is 0 Å². The third-order valence-corrected chi connectivity index (χ3v) is 2.17. The quantitative estimate of drug-likeness (QED) is 0.700. The number of carbonyl (C=O) groups is 1. The molecule has 6 nitrogen and oxygen atoms in total. The third kappa shape index (κ3) is 4.39. The molecular formula is C10H19N5O. The first-order valence-electron chi connectivity index (χ1n) is 5.47. The van der Waals surface area contributed by atoms with Crippen molar-refractivity contribution in [1.29, 1.82) is 0 Å². The maximum atomic E-state index is 11.5. The van der Waals surface area contributed by atoms with Crippen molar-refractivity contribution < 1.29 is 4.79 Å². The van der Waals surface area contributed by atoms with Crippen LogP contribution in [0.25, 0.3) is 0 Å². The van der Waals surface area contributed by atoms with Crippen molar-refractivity contribution in [1.82, 2.24) is 20.3 Å². The van der Waals surface area contributed by atoms with Crippen molar-refractivity contribution in [2.24, 2.45) is 11.7 Å². The van der Waals surface area contributed by atoms with Gasteiger partial charge in [-0.15, -0.1) is 5.10 Å². The zero-order chi connectivity index (χ0) is 12.0. The van der Waals surface area contributed by atoms with E-state index in [9.17, 15) is 4.79 Å². The largest absolute Gasteiger partial charge is 0.353 e. The predicted molar refractivity (Wildman–Crippen MR) is 60.5 cm³/mol. The van der Waals surface area contributed by atoms with Gasteiger partial charge in [-0.1, -0.05) is 19.1 Å². The maximum absolute atomic E-state index is 11.5. The topological polar surface area (TPSA) is 85.8 Å². The fourth-order valence-electron chi connectivity index (χ4n) is 1.39. The Balaban J connectivity index is 2.19. The first-order valence-corrected chi connectivity index (χ1v) is 5.47. The van der Waals surface area contributed by atoms with Crippen LogP contribution in [0, 0.1) is 5.92 Å². The normalized spacial score (nSPS) is 12.8. The lowest BCUT2D eigenvalue weighted by molar-refractivity contribution is -0.122. The molecule has 0 bridgehead atoms. The summed E-state index contributed by atoms with van der Waals surface area (Å²) in [7, 11) is 0. The molecule has 1 aromatic rings. The third-order valence-electron chi connectivity index (χ3n) is 2.17. The number of nitrogens with one attached hydrogen (secondary N) is 1. The van der Waals surface area contributed by atoms with Crippen molar-refractivity contribution in [2.45, 2.75) is 32.9 Å². The molecule has 1 unspecified atom stereocenters. The van der Waals surface area contributed by atoms with Crippen LogP contribution < -0.4 is 11.1 Å². The summed E-state index contributed by atoms with van der Waals surface area (Å²) in [4.78, 5) is 11.5. The van der Waals surface area contributed by atoms with Crippen LogP contribution in [0.2, 0.25) is 0 Å². The highest BCUT2D eigenvalue weighted by Gasteiger charge is 2.13. The number of nitrogens with two attached hydrogens (primary N) is 1. The molecule has 0 aliphatic carbocycles. The number of amides is 1. The Labute approximate surface area is 95.2 Å². The summed E-state index contributed by atoms with van der Waals surface area (Å²) >= 11 is 0. The van der Waals surface area contributed by atoms with Gasteiger partial charge in [-0.25, -0.2) is 0 Å². The van der Waals surface area contributed by atoms with E-state index >= 15 is 0 Å². The summed E-state index contributed by atoms with van der Waals surface area (Å²) in [5, 5.41) is 10.2. The fourth-order valence-corrected chi connectivity index (χ4v) is 1.39. The smallest absolute Gasteiger partial charge is 0.236 e. The predicted octanol–water partition coefficient (Wildman–Crippen LogP) is -0.232. The molecule has 1 rings (SSSR count). The van der Waals surface area contributed by atoms with E-state index in [2.05, 4.69) is 15.6 Å². The van der Waals surface area contributed by atoms with Crippen molar-refractivity contribution in [3.8, 4) is 0 Å². The van der Waals surface area contributed by atoms with Gasteiger partial charge in [0.1, 0.15) is 0 Å². The molecule has 6 heteroatoms. The average molecular weight is 225 g/mol. The second-order valence-corrected chi connectivity index (χ2v) is 4.19. The number of carbonyl (C=O) groups excluding carboxylic acids is 1. The van der Waals surface area contributed by atoms with Gasteiger partial charge in [0.15, 0.2) is 0 Å². The molecule has 0 saturated heterocycles. The number of hydrogen-bond donors (Lipinski definition) is 2. The van der Waals surface area contributed by atoms with E-state index in [1.807, 2.05) is 13.8 Å². The maximum Gasteiger partial charge on any atom is 0.236 e. The molecule has 0 radical (unpaired) electrons. The lowest BCUT2D eigenvalue weighted by Gasteiger charge is -2.13. The molecular weight excluding hydrogens is 206 g/mol. The summed E-state index contributed by atoms with van der Waals surface area (Å²) in [6, 6.07) is -0.421. The molecule has 16 heavy (non-hydrogen) atoms. The van der Waals surface area contributed by atoms with E-state index in [1.165, 1.54) is 0 Å². The molecule has 1 heterocycles. The van der Waals surface area contributed by atoms with Gasteiger partial charge in [0.05, 0.1) is 18.8 Å². The first-order chi connectivity index (χ1) is 7.59. The van der Waals surface area contributed by atoms with Gasteiger partial charge in [-0.3, -0.25) is 9.48 Å². The number of aromatic nitrogens is 3. The van der Waals surface area contributed by atoms with E-state index in [-0.39, 0.29) is 5.91 Å². The molecule has 0 aromatic carbocycles. The monoisotopic (exact) mass is 225 g/mol. The van der Waals surface area contributed by atoms with Crippen molar-refractivity contribution in [3.05, 3.63) is 12.4 Å². The van der Waals surface area contributed by atoms with Gasteiger partial charge in [0, 0.05) is 12.7 Å². The van der Waals surface area contributed by atoms with Gasteiger partial charge in [0.2, 0.25) is 5.91 Å². The van der Waals surface area contributed by atoms with Crippen LogP contribution in [0.4, 0.5) is 0 Å². The Kier molecular flexibility index (Phi) is 4.91. The van der Waals surface area contributed by atoms with Crippen LogP contribution >= 0.6 is 0 Å². The zero-order valence-corrected chi connectivity index (χ0v) is 9.76. The van der Waals surface area contributed by atoms with Crippen LogP contribution in [-0.2, 0) is 11.3 Å². The Morgan fingerprint density at radius 2 is 2.31 bits per heavy atom. The Morgan fingerprint density at radius 1 is 1.56 bits per heavy atom. The first kappa shape index (κ1) is 12.6. The summed E-state index contributed by atoms with van der Waals surface area (Å²) in [5.74, 6) is 0.324. The summed E-state index contributed by atoms with van der Waals surface area (Å²) in [6.45, 7) is 5.22. The SMILES string of the molecule is CC(C)CC(N)C(=O)NCCn1ccnn1. The van der Waals surface area contributed by atoms with Crippen molar-refractivity contribution in [2.75, 3.05) is 6.54 Å². The van der Waals surface area contributed by atoms with Crippen LogP contribution in [0.1, 0.15) is 20.3 Å². The summed E-state index contributed by atoms with van der Waals surface area (Å²) in [5.41, 5.74) is 5.73. The molecule has 1 atom stereocenters. The van der Waals surface area contributed by atoms with Gasteiger partial charge in [-0.2, -0.15) is 0 Å². The van der Waals surface area contributed by atoms with Crippen molar-refractivity contribution in [3.63, 3.8) is 0 Å². The average Bonchev–Trinajstić information content (AvgIpc) is 2.69. The molecule has 3 N–H and O–H groups in total. The number of hydrogen-bond acceptors (Lipinski definition) is 4. The van der Waals surface area contributed by atoms with Gasteiger partial charge in [-0.05, 0) is 12.3 Å². The fraction of sp³-hybridized carbons (Fsp3) is 0.700. The van der Waals surface area contributed by atoms with Crippen molar-refractivity contribution >= 4 is 5.91 Å². The van der Waals surface area contributed by atoms with Crippen LogP contribution in [0.15, 0.2) is 12.4 Å². The molecule has 1 amide bonds. The van der Waals surface area contributed by atoms with E-state index in [4.69, 9.17) is 5.73 Å². The molecule has 1 aromatic heterocycles. The highest BCUT2D eigenvalue weighted by Crippen LogP contribution is 2.02. The lowest BCUT2D eigenvalue weighted by Crippen LogP contribution is -2.42.